The highest BCUT2D eigenvalue weighted by Crippen LogP contribution is 2.23. The first-order valence-corrected chi connectivity index (χ1v) is 5.45. The van der Waals surface area contributed by atoms with E-state index in [0.29, 0.717) is 5.92 Å². The van der Waals surface area contributed by atoms with E-state index in [9.17, 15) is 5.11 Å². The van der Waals surface area contributed by atoms with Gasteiger partial charge in [-0.2, -0.15) is 4.37 Å². The molecule has 0 fully saturated rings. The van der Waals surface area contributed by atoms with Crippen molar-refractivity contribution in [2.24, 2.45) is 5.92 Å². The van der Waals surface area contributed by atoms with E-state index in [1.165, 1.54) is 16.4 Å². The van der Waals surface area contributed by atoms with Crippen LogP contribution in [0, 0.1) is 5.92 Å². The predicted octanol–water partition coefficient (Wildman–Crippen LogP) is 2.47. The summed E-state index contributed by atoms with van der Waals surface area (Å²) < 4.78 is 5.10. The molecular weight excluding hydrogens is 238 g/mol. The Labute approximate surface area is 84.9 Å². The Morgan fingerprint density at radius 1 is 1.67 bits per heavy atom. The Morgan fingerprint density at radius 3 is 2.75 bits per heavy atom. The van der Waals surface area contributed by atoms with E-state index in [1.807, 2.05) is 13.8 Å². The summed E-state index contributed by atoms with van der Waals surface area (Å²) in [5, 5.41) is 9.28. The topological polar surface area (TPSA) is 33.1 Å². The smallest absolute Gasteiger partial charge is 0.0552 e. The van der Waals surface area contributed by atoms with E-state index >= 15 is 0 Å². The van der Waals surface area contributed by atoms with Crippen LogP contribution in [0.4, 0.5) is 0 Å². The summed E-state index contributed by atoms with van der Waals surface area (Å²) in [6, 6.07) is 0. The second-order valence-electron chi connectivity index (χ2n) is 3.02. The third kappa shape index (κ3) is 2.54. The minimum atomic E-state index is -0.251. The summed E-state index contributed by atoms with van der Waals surface area (Å²) in [6.45, 7) is 3.86. The molecule has 68 valence electrons. The van der Waals surface area contributed by atoms with Gasteiger partial charge in [0, 0.05) is 4.88 Å². The quantitative estimate of drug-likeness (QED) is 0.893. The molecule has 4 heteroatoms. The van der Waals surface area contributed by atoms with Crippen molar-refractivity contribution in [2.75, 3.05) is 0 Å². The SMILES string of the molecule is CC(O)C(C)Cc1sncc1Br. The summed E-state index contributed by atoms with van der Waals surface area (Å²) in [5.41, 5.74) is 0. The Balaban J connectivity index is 2.58. The highest BCUT2D eigenvalue weighted by atomic mass is 79.9. The first-order chi connectivity index (χ1) is 5.61. The Bertz CT molecular complexity index is 249. The summed E-state index contributed by atoms with van der Waals surface area (Å²) in [5.74, 6) is 0.293. The monoisotopic (exact) mass is 249 g/mol. The number of hydrogen-bond donors (Lipinski definition) is 1. The Hall–Kier alpha value is 0.0700. The number of hydrogen-bond acceptors (Lipinski definition) is 3. The van der Waals surface area contributed by atoms with E-state index in [1.54, 1.807) is 6.20 Å². The van der Waals surface area contributed by atoms with Gasteiger partial charge in [0.05, 0.1) is 16.8 Å². The Morgan fingerprint density at radius 2 is 2.33 bits per heavy atom. The largest absolute Gasteiger partial charge is 0.393 e. The number of nitrogens with zero attached hydrogens (tertiary/aromatic N) is 1. The summed E-state index contributed by atoms with van der Waals surface area (Å²) in [7, 11) is 0. The molecule has 0 aliphatic heterocycles. The van der Waals surface area contributed by atoms with Gasteiger partial charge in [-0.15, -0.1) is 0 Å². The molecule has 1 aromatic heterocycles. The fourth-order valence-corrected chi connectivity index (χ4v) is 2.23. The third-order valence-corrected chi connectivity index (χ3v) is 3.69. The van der Waals surface area contributed by atoms with Crippen LogP contribution in [0.1, 0.15) is 18.7 Å². The number of aromatic nitrogens is 1. The second kappa shape index (κ2) is 4.35. The predicted molar refractivity (Wildman–Crippen MR) is 54.4 cm³/mol. The van der Waals surface area contributed by atoms with Gasteiger partial charge in [-0.3, -0.25) is 0 Å². The van der Waals surface area contributed by atoms with Crippen molar-refractivity contribution in [3.63, 3.8) is 0 Å². The van der Waals surface area contributed by atoms with Crippen LogP contribution in [0.15, 0.2) is 10.7 Å². The second-order valence-corrected chi connectivity index (χ2v) is 4.76. The highest BCUT2D eigenvalue weighted by Gasteiger charge is 2.12. The van der Waals surface area contributed by atoms with Crippen molar-refractivity contribution in [1.82, 2.24) is 4.37 Å². The number of aliphatic hydroxyl groups is 1. The molecule has 0 bridgehead atoms. The zero-order chi connectivity index (χ0) is 9.14. The fraction of sp³-hybridized carbons (Fsp3) is 0.625. The van der Waals surface area contributed by atoms with Crippen molar-refractivity contribution >= 4 is 27.5 Å². The molecule has 0 aromatic carbocycles. The van der Waals surface area contributed by atoms with Crippen LogP contribution >= 0.6 is 27.5 Å². The molecule has 0 radical (unpaired) electrons. The van der Waals surface area contributed by atoms with E-state index in [2.05, 4.69) is 20.3 Å². The van der Waals surface area contributed by atoms with Crippen molar-refractivity contribution in [2.45, 2.75) is 26.4 Å². The van der Waals surface area contributed by atoms with Gasteiger partial charge < -0.3 is 5.11 Å². The highest BCUT2D eigenvalue weighted by molar-refractivity contribution is 9.10. The van der Waals surface area contributed by atoms with E-state index in [0.717, 1.165) is 10.9 Å². The molecule has 0 spiro atoms. The lowest BCUT2D eigenvalue weighted by atomic mass is 10.0. The van der Waals surface area contributed by atoms with Gasteiger partial charge in [0.2, 0.25) is 0 Å². The van der Waals surface area contributed by atoms with Crippen LogP contribution < -0.4 is 0 Å². The van der Waals surface area contributed by atoms with Gasteiger partial charge in [-0.1, -0.05) is 6.92 Å². The summed E-state index contributed by atoms with van der Waals surface area (Å²) in [6.07, 6.45) is 2.44. The Kier molecular flexibility index (Phi) is 3.68. The molecule has 1 heterocycles. The average Bonchev–Trinajstić information content (AvgIpc) is 2.36. The van der Waals surface area contributed by atoms with Crippen molar-refractivity contribution in [3.8, 4) is 0 Å². The standard InChI is InChI=1S/C8H12BrNOS/c1-5(6(2)11)3-8-7(9)4-10-12-8/h4-6,11H,3H2,1-2H3. The molecule has 2 unspecified atom stereocenters. The molecule has 2 atom stereocenters. The molecule has 0 aliphatic rings. The van der Waals surface area contributed by atoms with Crippen LogP contribution in [0.2, 0.25) is 0 Å². The minimum absolute atomic E-state index is 0.251. The van der Waals surface area contributed by atoms with Gasteiger partial charge in [-0.05, 0) is 46.7 Å². The zero-order valence-corrected chi connectivity index (χ0v) is 9.52. The van der Waals surface area contributed by atoms with Gasteiger partial charge in [0.25, 0.3) is 0 Å². The minimum Gasteiger partial charge on any atom is -0.393 e. The number of rotatable bonds is 3. The first-order valence-electron chi connectivity index (χ1n) is 3.88. The van der Waals surface area contributed by atoms with Crippen LogP contribution in [0.3, 0.4) is 0 Å². The first kappa shape index (κ1) is 10.2. The molecule has 1 N–H and O–H groups in total. The van der Waals surface area contributed by atoms with Crippen LogP contribution in [0.25, 0.3) is 0 Å². The maximum Gasteiger partial charge on any atom is 0.0552 e. The molecule has 0 aliphatic carbocycles. The summed E-state index contributed by atoms with van der Waals surface area (Å²) >= 11 is 4.90. The maximum absolute atomic E-state index is 9.28. The van der Waals surface area contributed by atoms with Gasteiger partial charge in [-0.25, -0.2) is 0 Å². The maximum atomic E-state index is 9.28. The molecule has 1 rings (SSSR count). The van der Waals surface area contributed by atoms with Gasteiger partial charge in [0.1, 0.15) is 0 Å². The normalized spacial score (nSPS) is 16.0. The molecule has 0 saturated heterocycles. The van der Waals surface area contributed by atoms with Gasteiger partial charge >= 0.3 is 0 Å². The molecule has 12 heavy (non-hydrogen) atoms. The molecular formula is C8H12BrNOS. The molecule has 1 aromatic rings. The summed E-state index contributed by atoms with van der Waals surface area (Å²) in [4.78, 5) is 1.21. The fourth-order valence-electron chi connectivity index (χ4n) is 0.850. The van der Waals surface area contributed by atoms with Gasteiger partial charge in [0.15, 0.2) is 0 Å². The van der Waals surface area contributed by atoms with Crippen molar-refractivity contribution < 1.29 is 5.11 Å². The van der Waals surface area contributed by atoms with Crippen LogP contribution in [0.5, 0.6) is 0 Å². The van der Waals surface area contributed by atoms with Crippen LogP contribution in [-0.2, 0) is 6.42 Å². The van der Waals surface area contributed by atoms with E-state index < -0.39 is 0 Å². The number of aliphatic hydroxyl groups excluding tert-OH is 1. The average molecular weight is 250 g/mol. The van der Waals surface area contributed by atoms with Crippen molar-refractivity contribution in [1.29, 1.82) is 0 Å². The van der Waals surface area contributed by atoms with E-state index in [-0.39, 0.29) is 6.10 Å². The third-order valence-electron chi connectivity index (χ3n) is 1.93. The molecule has 0 amide bonds. The lowest BCUT2D eigenvalue weighted by Gasteiger charge is -2.12. The molecule has 2 nitrogen and oxygen atoms in total. The lowest BCUT2D eigenvalue weighted by Crippen LogP contribution is -2.14. The van der Waals surface area contributed by atoms with Crippen LogP contribution in [-0.4, -0.2) is 15.6 Å². The van der Waals surface area contributed by atoms with E-state index in [4.69, 9.17) is 0 Å². The zero-order valence-electron chi connectivity index (χ0n) is 7.12. The molecule has 0 saturated carbocycles. The van der Waals surface area contributed by atoms with Crippen molar-refractivity contribution in [3.05, 3.63) is 15.5 Å². The number of halogens is 1. The lowest BCUT2D eigenvalue weighted by molar-refractivity contribution is 0.135.